The van der Waals surface area contributed by atoms with Gasteiger partial charge in [-0.2, -0.15) is 23.4 Å². The minimum Gasteiger partial charge on any atom is -0.309 e. The number of aryl methyl sites for hydroxylation is 2. The average molecular weight is 316 g/mol. The molecule has 4 nitrogen and oxygen atoms in total. The molecule has 0 aromatic carbocycles. The van der Waals surface area contributed by atoms with Crippen molar-refractivity contribution in [3.8, 4) is 0 Å². The lowest BCUT2D eigenvalue weighted by Gasteiger charge is -2.17. The number of halogens is 3. The van der Waals surface area contributed by atoms with E-state index in [1.165, 1.54) is 6.20 Å². The number of alkyl halides is 3. The van der Waals surface area contributed by atoms with E-state index in [0.29, 0.717) is 22.6 Å². The number of aromatic nitrogens is 3. The lowest BCUT2D eigenvalue weighted by atomic mass is 10.0. The molecule has 2 aromatic heterocycles. The van der Waals surface area contributed by atoms with Crippen molar-refractivity contribution < 1.29 is 13.2 Å². The molecule has 0 saturated carbocycles. The van der Waals surface area contributed by atoms with Gasteiger partial charge in [-0.1, -0.05) is 6.92 Å². The van der Waals surface area contributed by atoms with Gasteiger partial charge in [0.25, 0.3) is 0 Å². The van der Waals surface area contributed by atoms with Crippen LogP contribution in [0.2, 0.25) is 0 Å². The Labute approximate surface area is 124 Å². The molecule has 0 aliphatic heterocycles. The van der Waals surface area contributed by atoms with Crippen LogP contribution in [0.1, 0.15) is 39.8 Å². The molecule has 0 bridgehead atoms. The Morgan fingerprint density at radius 2 is 2.05 bits per heavy atom. The summed E-state index contributed by atoms with van der Waals surface area (Å²) < 4.78 is 38.1. The van der Waals surface area contributed by atoms with E-state index in [0.717, 1.165) is 17.0 Å². The second-order valence-corrected chi connectivity index (χ2v) is 5.59. The Kier molecular flexibility index (Phi) is 4.58. The fourth-order valence-electron chi connectivity index (χ4n) is 2.06. The van der Waals surface area contributed by atoms with E-state index in [1.807, 2.05) is 13.0 Å². The molecule has 0 aliphatic rings. The summed E-state index contributed by atoms with van der Waals surface area (Å²) in [5.74, 6) is 0. The monoisotopic (exact) mass is 316 g/mol. The van der Waals surface area contributed by atoms with Crippen molar-refractivity contribution in [3.05, 3.63) is 39.1 Å². The third-order valence-electron chi connectivity index (χ3n) is 3.01. The summed E-state index contributed by atoms with van der Waals surface area (Å²) in [5, 5.41) is 10.3. The molecule has 0 radical (unpaired) electrons. The predicted octanol–water partition coefficient (Wildman–Crippen LogP) is 3.13. The summed E-state index contributed by atoms with van der Waals surface area (Å²) in [6.45, 7) is 3.74. The van der Waals surface area contributed by atoms with Crippen molar-refractivity contribution in [2.45, 2.75) is 32.5 Å². The van der Waals surface area contributed by atoms with Gasteiger partial charge in [0.1, 0.15) is 0 Å². The molecule has 0 saturated heterocycles. The zero-order valence-corrected chi connectivity index (χ0v) is 12.6. The quantitative estimate of drug-likeness (QED) is 0.941. The number of hydrogen-bond acceptors (Lipinski definition) is 5. The summed E-state index contributed by atoms with van der Waals surface area (Å²) >= 11 is 0.646. The smallest absolute Gasteiger partial charge is 0.309 e. The predicted molar refractivity (Wildman–Crippen MR) is 74.2 cm³/mol. The molecule has 114 valence electrons. The topological polar surface area (TPSA) is 50.7 Å². The van der Waals surface area contributed by atoms with Crippen LogP contribution in [-0.4, -0.2) is 22.2 Å². The molecule has 0 spiro atoms. The van der Waals surface area contributed by atoms with Crippen molar-refractivity contribution in [3.63, 3.8) is 0 Å². The lowest BCUT2D eigenvalue weighted by molar-refractivity contribution is -0.137. The van der Waals surface area contributed by atoms with Gasteiger partial charge in [-0.05, 0) is 32.0 Å². The van der Waals surface area contributed by atoms with E-state index in [4.69, 9.17) is 0 Å². The Morgan fingerprint density at radius 3 is 2.57 bits per heavy atom. The molecule has 1 unspecified atom stereocenters. The molecule has 0 amide bonds. The van der Waals surface area contributed by atoms with E-state index in [2.05, 4.69) is 20.5 Å². The van der Waals surface area contributed by atoms with Crippen LogP contribution in [0, 0.1) is 6.92 Å². The molecule has 1 atom stereocenters. The van der Waals surface area contributed by atoms with E-state index < -0.39 is 11.2 Å². The third kappa shape index (κ3) is 3.38. The summed E-state index contributed by atoms with van der Waals surface area (Å²) in [6.07, 6.45) is -2.49. The first-order valence-electron chi connectivity index (χ1n) is 6.40. The van der Waals surface area contributed by atoms with Gasteiger partial charge in [-0.25, -0.2) is 4.98 Å². The summed E-state index contributed by atoms with van der Waals surface area (Å²) in [7, 11) is 1.70. The standard InChI is InChI=1S/C13H15F3N4S/c1-4-9-8(5-7(2)19-20-9)11(17-3)10-6-18-12(21-10)13(14,15)16/h5-6,11,17H,4H2,1-3H3. The van der Waals surface area contributed by atoms with Crippen molar-refractivity contribution in [1.29, 1.82) is 0 Å². The number of rotatable bonds is 4. The number of nitrogens with one attached hydrogen (secondary N) is 1. The Balaban J connectivity index is 2.45. The van der Waals surface area contributed by atoms with Gasteiger partial charge in [0.2, 0.25) is 0 Å². The Bertz CT molecular complexity index is 624. The maximum absolute atomic E-state index is 12.7. The third-order valence-corrected chi connectivity index (χ3v) is 4.12. The van der Waals surface area contributed by atoms with E-state index in [-0.39, 0.29) is 6.04 Å². The highest BCUT2D eigenvalue weighted by atomic mass is 32.1. The number of thiazole rings is 1. The molecule has 2 aromatic rings. The molecule has 1 N–H and O–H groups in total. The molecule has 2 heterocycles. The Hall–Kier alpha value is -1.54. The first-order chi connectivity index (χ1) is 9.86. The van der Waals surface area contributed by atoms with Crippen LogP contribution in [0.25, 0.3) is 0 Å². The Morgan fingerprint density at radius 1 is 1.33 bits per heavy atom. The molecule has 0 fully saturated rings. The largest absolute Gasteiger partial charge is 0.443 e. The summed E-state index contributed by atoms with van der Waals surface area (Å²) in [5.41, 5.74) is 2.33. The van der Waals surface area contributed by atoms with Crippen LogP contribution in [0.3, 0.4) is 0 Å². The fraction of sp³-hybridized carbons (Fsp3) is 0.462. The molecular formula is C13H15F3N4S. The molecule has 0 aliphatic carbocycles. The normalized spacial score (nSPS) is 13.4. The average Bonchev–Trinajstić information content (AvgIpc) is 2.89. The van der Waals surface area contributed by atoms with Crippen molar-refractivity contribution in [1.82, 2.24) is 20.5 Å². The van der Waals surface area contributed by atoms with Crippen LogP contribution in [0.15, 0.2) is 12.3 Å². The minimum absolute atomic E-state index is 0.372. The second-order valence-electron chi connectivity index (χ2n) is 4.53. The van der Waals surface area contributed by atoms with Gasteiger partial charge in [0.05, 0.1) is 17.4 Å². The highest BCUT2D eigenvalue weighted by molar-refractivity contribution is 7.11. The highest BCUT2D eigenvalue weighted by Gasteiger charge is 2.35. The van der Waals surface area contributed by atoms with Gasteiger partial charge in [0.15, 0.2) is 5.01 Å². The van der Waals surface area contributed by atoms with Crippen LogP contribution < -0.4 is 5.32 Å². The van der Waals surface area contributed by atoms with Gasteiger partial charge in [0, 0.05) is 11.1 Å². The van der Waals surface area contributed by atoms with Gasteiger partial charge >= 0.3 is 6.18 Å². The van der Waals surface area contributed by atoms with Crippen LogP contribution in [0.5, 0.6) is 0 Å². The molecule has 2 rings (SSSR count). The SMILES string of the molecule is CCc1nnc(C)cc1C(NC)c1cnc(C(F)(F)F)s1. The van der Waals surface area contributed by atoms with Crippen LogP contribution in [-0.2, 0) is 12.6 Å². The van der Waals surface area contributed by atoms with E-state index in [1.54, 1.807) is 14.0 Å². The first-order valence-corrected chi connectivity index (χ1v) is 7.21. The van der Waals surface area contributed by atoms with Gasteiger partial charge < -0.3 is 5.32 Å². The number of hydrogen-bond donors (Lipinski definition) is 1. The molecule has 8 heteroatoms. The van der Waals surface area contributed by atoms with Gasteiger partial charge in [-0.15, -0.1) is 11.3 Å². The highest BCUT2D eigenvalue weighted by Crippen LogP contribution is 2.36. The fourth-order valence-corrected chi connectivity index (χ4v) is 2.97. The zero-order chi connectivity index (χ0) is 15.6. The van der Waals surface area contributed by atoms with Crippen LogP contribution in [0.4, 0.5) is 13.2 Å². The van der Waals surface area contributed by atoms with Crippen molar-refractivity contribution in [2.75, 3.05) is 7.05 Å². The van der Waals surface area contributed by atoms with Crippen LogP contribution >= 0.6 is 11.3 Å². The summed E-state index contributed by atoms with van der Waals surface area (Å²) in [6, 6.07) is 1.47. The summed E-state index contributed by atoms with van der Waals surface area (Å²) in [4.78, 5) is 3.98. The van der Waals surface area contributed by atoms with Crippen molar-refractivity contribution >= 4 is 11.3 Å². The number of nitrogens with zero attached hydrogens (tertiary/aromatic N) is 3. The first kappa shape index (κ1) is 15.8. The molecule has 21 heavy (non-hydrogen) atoms. The maximum atomic E-state index is 12.7. The molecular weight excluding hydrogens is 301 g/mol. The second kappa shape index (κ2) is 6.07. The maximum Gasteiger partial charge on any atom is 0.443 e. The zero-order valence-electron chi connectivity index (χ0n) is 11.8. The van der Waals surface area contributed by atoms with E-state index >= 15 is 0 Å². The lowest BCUT2D eigenvalue weighted by Crippen LogP contribution is -2.19. The van der Waals surface area contributed by atoms with E-state index in [9.17, 15) is 13.2 Å². The van der Waals surface area contributed by atoms with Crippen molar-refractivity contribution in [2.24, 2.45) is 0 Å². The van der Waals surface area contributed by atoms with Gasteiger partial charge in [-0.3, -0.25) is 0 Å². The minimum atomic E-state index is -4.42.